The third-order valence-electron chi connectivity index (χ3n) is 2.84. The number of para-hydroxylation sites is 1. The number of alkyl halides is 3. The molecule has 0 fully saturated rings. The zero-order valence-electron chi connectivity index (χ0n) is 10.3. The smallest absolute Gasteiger partial charge is 0.236 e. The number of hydrogen-bond acceptors (Lipinski definition) is 2. The third kappa shape index (κ3) is 2.19. The molecule has 98 valence electrons. The number of hydrogen-bond donors (Lipinski definition) is 0. The van der Waals surface area contributed by atoms with Gasteiger partial charge in [0.25, 0.3) is 0 Å². The fourth-order valence-corrected chi connectivity index (χ4v) is 1.94. The first kappa shape index (κ1) is 13.1. The van der Waals surface area contributed by atoms with Crippen molar-refractivity contribution in [1.82, 2.24) is 9.78 Å². The van der Waals surface area contributed by atoms with E-state index in [9.17, 15) is 13.2 Å². The lowest BCUT2D eigenvalue weighted by molar-refractivity contribution is -0.137. The lowest BCUT2D eigenvalue weighted by Crippen LogP contribution is -2.12. The van der Waals surface area contributed by atoms with Crippen molar-refractivity contribution >= 4 is 0 Å². The van der Waals surface area contributed by atoms with Crippen LogP contribution in [0.1, 0.15) is 22.5 Å². The zero-order valence-corrected chi connectivity index (χ0v) is 10.3. The summed E-state index contributed by atoms with van der Waals surface area (Å²) in [5.41, 5.74) is 0.271. The van der Waals surface area contributed by atoms with Crippen LogP contribution in [-0.2, 0) is 6.18 Å². The molecule has 19 heavy (non-hydrogen) atoms. The van der Waals surface area contributed by atoms with E-state index in [4.69, 9.17) is 5.26 Å². The van der Waals surface area contributed by atoms with Crippen LogP contribution in [0, 0.1) is 25.2 Å². The Labute approximate surface area is 107 Å². The predicted octanol–water partition coefficient (Wildman–Crippen LogP) is 3.38. The van der Waals surface area contributed by atoms with Gasteiger partial charge in [-0.1, -0.05) is 12.1 Å². The second-order valence-electron chi connectivity index (χ2n) is 4.08. The molecule has 1 aromatic carbocycles. The molecule has 0 saturated heterocycles. The molecule has 2 aromatic rings. The molecule has 0 N–H and O–H groups in total. The monoisotopic (exact) mass is 265 g/mol. The topological polar surface area (TPSA) is 41.6 Å². The number of rotatable bonds is 1. The van der Waals surface area contributed by atoms with E-state index in [1.54, 1.807) is 13.8 Å². The van der Waals surface area contributed by atoms with E-state index in [-0.39, 0.29) is 5.69 Å². The maximum absolute atomic E-state index is 12.9. The molecule has 0 spiro atoms. The molecule has 0 unspecified atom stereocenters. The van der Waals surface area contributed by atoms with Crippen LogP contribution in [0.3, 0.4) is 0 Å². The molecule has 1 aromatic heterocycles. The molecule has 0 bridgehead atoms. The van der Waals surface area contributed by atoms with Crippen molar-refractivity contribution in [1.29, 1.82) is 5.26 Å². The van der Waals surface area contributed by atoms with Crippen LogP contribution in [0.4, 0.5) is 13.2 Å². The highest BCUT2D eigenvalue weighted by atomic mass is 19.4. The third-order valence-corrected chi connectivity index (χ3v) is 2.84. The molecule has 3 nitrogen and oxygen atoms in total. The van der Waals surface area contributed by atoms with Gasteiger partial charge in [0, 0.05) is 0 Å². The summed E-state index contributed by atoms with van der Waals surface area (Å²) >= 11 is 0. The molecule has 0 atom stereocenters. The minimum absolute atomic E-state index is 0.0721. The SMILES string of the molecule is Cc1nn(-c2ccccc2C(F)(F)F)c(C)c1C#N. The van der Waals surface area contributed by atoms with Crippen molar-refractivity contribution in [2.45, 2.75) is 20.0 Å². The van der Waals surface area contributed by atoms with Gasteiger partial charge in [0.2, 0.25) is 0 Å². The van der Waals surface area contributed by atoms with Gasteiger partial charge in [0.1, 0.15) is 6.07 Å². The number of benzene rings is 1. The summed E-state index contributed by atoms with van der Waals surface area (Å²) in [7, 11) is 0. The van der Waals surface area contributed by atoms with Crippen molar-refractivity contribution in [3.63, 3.8) is 0 Å². The van der Waals surface area contributed by atoms with Crippen LogP contribution in [-0.4, -0.2) is 9.78 Å². The van der Waals surface area contributed by atoms with Crippen LogP contribution in [0.15, 0.2) is 24.3 Å². The first-order valence-corrected chi connectivity index (χ1v) is 5.49. The highest BCUT2D eigenvalue weighted by molar-refractivity contribution is 5.47. The summed E-state index contributed by atoms with van der Waals surface area (Å²) in [6.07, 6.45) is -4.46. The van der Waals surface area contributed by atoms with E-state index < -0.39 is 11.7 Å². The fraction of sp³-hybridized carbons (Fsp3) is 0.231. The molecule has 0 aliphatic carbocycles. The first-order valence-electron chi connectivity index (χ1n) is 5.49. The Kier molecular flexibility index (Phi) is 3.06. The zero-order chi connectivity index (χ0) is 14.2. The minimum Gasteiger partial charge on any atom is -0.236 e. The molecule has 0 amide bonds. The number of nitrogens with zero attached hydrogens (tertiary/aromatic N) is 3. The standard InChI is InChI=1S/C13H10F3N3/c1-8-10(7-17)9(2)19(18-8)12-6-4-3-5-11(12)13(14,15)16/h3-6H,1-2H3. The van der Waals surface area contributed by atoms with Crippen LogP contribution in [0.2, 0.25) is 0 Å². The van der Waals surface area contributed by atoms with Crippen LogP contribution in [0.5, 0.6) is 0 Å². The Morgan fingerprint density at radius 2 is 1.84 bits per heavy atom. The minimum atomic E-state index is -4.46. The summed E-state index contributed by atoms with van der Waals surface area (Å²) in [5.74, 6) is 0. The van der Waals surface area contributed by atoms with Gasteiger partial charge in [-0.15, -0.1) is 0 Å². The molecule has 0 radical (unpaired) electrons. The summed E-state index contributed by atoms with van der Waals surface area (Å²) in [6.45, 7) is 3.17. The number of halogens is 3. The van der Waals surface area contributed by atoms with Gasteiger partial charge in [-0.3, -0.25) is 0 Å². The highest BCUT2D eigenvalue weighted by Crippen LogP contribution is 2.34. The molecule has 0 aliphatic rings. The quantitative estimate of drug-likeness (QED) is 0.793. The number of nitriles is 1. The van der Waals surface area contributed by atoms with Gasteiger partial charge in [-0.05, 0) is 26.0 Å². The van der Waals surface area contributed by atoms with Crippen LogP contribution >= 0.6 is 0 Å². The average Bonchev–Trinajstić information content (AvgIpc) is 2.63. The average molecular weight is 265 g/mol. The lowest BCUT2D eigenvalue weighted by Gasteiger charge is -2.13. The second kappa shape index (κ2) is 4.43. The Balaban J connectivity index is 2.71. The molecule has 1 heterocycles. The van der Waals surface area contributed by atoms with E-state index in [1.165, 1.54) is 18.2 Å². The molecule has 0 aliphatic heterocycles. The molecule has 2 rings (SSSR count). The summed E-state index contributed by atoms with van der Waals surface area (Å²) in [4.78, 5) is 0. The molecule has 0 saturated carbocycles. The summed E-state index contributed by atoms with van der Waals surface area (Å²) < 4.78 is 40.0. The number of aryl methyl sites for hydroxylation is 1. The molecular formula is C13H10F3N3. The van der Waals surface area contributed by atoms with E-state index in [1.807, 2.05) is 6.07 Å². The van der Waals surface area contributed by atoms with Gasteiger partial charge in [0.15, 0.2) is 0 Å². The van der Waals surface area contributed by atoms with Gasteiger partial charge in [-0.25, -0.2) is 4.68 Å². The van der Waals surface area contributed by atoms with Gasteiger partial charge >= 0.3 is 6.18 Å². The largest absolute Gasteiger partial charge is 0.418 e. The van der Waals surface area contributed by atoms with Crippen molar-refractivity contribution in [3.8, 4) is 11.8 Å². The van der Waals surface area contributed by atoms with Crippen LogP contribution < -0.4 is 0 Å². The Morgan fingerprint density at radius 1 is 1.21 bits per heavy atom. The van der Waals surface area contributed by atoms with E-state index in [0.717, 1.165) is 10.7 Å². The van der Waals surface area contributed by atoms with Crippen molar-refractivity contribution in [2.24, 2.45) is 0 Å². The van der Waals surface area contributed by atoms with Crippen molar-refractivity contribution in [2.75, 3.05) is 0 Å². The lowest BCUT2D eigenvalue weighted by atomic mass is 10.1. The Hall–Kier alpha value is -2.29. The van der Waals surface area contributed by atoms with Crippen LogP contribution in [0.25, 0.3) is 5.69 Å². The first-order chi connectivity index (χ1) is 8.86. The Morgan fingerprint density at radius 3 is 2.37 bits per heavy atom. The Bertz CT molecular complexity index is 663. The van der Waals surface area contributed by atoms with Crippen molar-refractivity contribution in [3.05, 3.63) is 46.8 Å². The molecular weight excluding hydrogens is 255 g/mol. The van der Waals surface area contributed by atoms with Crippen molar-refractivity contribution < 1.29 is 13.2 Å². The van der Waals surface area contributed by atoms with Gasteiger partial charge < -0.3 is 0 Å². The maximum Gasteiger partial charge on any atom is 0.418 e. The van der Waals surface area contributed by atoms with Gasteiger partial charge in [0.05, 0.1) is 28.2 Å². The summed E-state index contributed by atoms with van der Waals surface area (Å²) in [6, 6.07) is 7.11. The predicted molar refractivity (Wildman–Crippen MR) is 62.8 cm³/mol. The number of aromatic nitrogens is 2. The van der Waals surface area contributed by atoms with E-state index >= 15 is 0 Å². The van der Waals surface area contributed by atoms with E-state index in [2.05, 4.69) is 5.10 Å². The second-order valence-corrected chi connectivity index (χ2v) is 4.08. The summed E-state index contributed by atoms with van der Waals surface area (Å²) in [5, 5.41) is 13.0. The normalized spacial score (nSPS) is 11.4. The fourth-order valence-electron chi connectivity index (χ4n) is 1.94. The molecule has 6 heteroatoms. The highest BCUT2D eigenvalue weighted by Gasteiger charge is 2.34. The van der Waals surface area contributed by atoms with Gasteiger partial charge in [-0.2, -0.15) is 23.5 Å². The van der Waals surface area contributed by atoms with E-state index in [0.29, 0.717) is 17.0 Å². The maximum atomic E-state index is 12.9.